The van der Waals surface area contributed by atoms with Crippen molar-refractivity contribution in [2.75, 3.05) is 59.0 Å². The van der Waals surface area contributed by atoms with Crippen LogP contribution in [-0.2, 0) is 19.7 Å². The zero-order chi connectivity index (χ0) is 54.4. The van der Waals surface area contributed by atoms with Gasteiger partial charge in [0.25, 0.3) is 5.56 Å². The van der Waals surface area contributed by atoms with Crippen LogP contribution >= 0.6 is 22.9 Å². The minimum Gasteiger partial charge on any atom is -0.391 e. The molecule has 2 aromatic heterocycles. The Balaban J connectivity index is 0.621. The number of aliphatic hydroxyl groups is 1. The van der Waals surface area contributed by atoms with E-state index in [0.717, 1.165) is 96.9 Å². The van der Waals surface area contributed by atoms with E-state index in [-0.39, 0.29) is 41.8 Å². The van der Waals surface area contributed by atoms with Gasteiger partial charge < -0.3 is 30.4 Å². The highest BCUT2D eigenvalue weighted by atomic mass is 35.5. The monoisotopic (exact) mass is 1110 g/mol. The van der Waals surface area contributed by atoms with Crippen LogP contribution in [0.5, 0.6) is 0 Å². The van der Waals surface area contributed by atoms with Crippen LogP contribution in [0.1, 0.15) is 138 Å². The predicted molar refractivity (Wildman–Crippen MR) is 309 cm³/mol. The number of nitrogens with one attached hydrogen (secondary N) is 3. The molecule has 3 aromatic carbocycles. The van der Waals surface area contributed by atoms with Gasteiger partial charge in [0.2, 0.25) is 11.8 Å². The molecular formula is C62H77ClN10O5S. The van der Waals surface area contributed by atoms with Gasteiger partial charge in [0.1, 0.15) is 17.9 Å². The minimum absolute atomic E-state index is 0.100. The third kappa shape index (κ3) is 9.82. The van der Waals surface area contributed by atoms with Gasteiger partial charge >= 0.3 is 0 Å². The van der Waals surface area contributed by atoms with Crippen LogP contribution < -0.4 is 21.8 Å². The molecule has 17 heteroatoms. The van der Waals surface area contributed by atoms with E-state index in [4.69, 9.17) is 21.3 Å². The first-order chi connectivity index (χ1) is 38.1. The second kappa shape index (κ2) is 21.0. The van der Waals surface area contributed by atoms with E-state index in [1.807, 2.05) is 29.6 Å². The van der Waals surface area contributed by atoms with E-state index in [9.17, 15) is 19.5 Å². The quantitative estimate of drug-likeness (QED) is 0.0943. The molecule has 7 heterocycles. The molecule has 13 rings (SSSR count). The predicted octanol–water partition coefficient (Wildman–Crippen LogP) is 8.75. The maximum atomic E-state index is 14.9. The Morgan fingerprint density at radius 3 is 2.43 bits per heavy atom. The van der Waals surface area contributed by atoms with E-state index in [0.29, 0.717) is 53.3 Å². The smallest absolute Gasteiger partial charge is 0.282 e. The first-order valence-corrected chi connectivity index (χ1v) is 30.6. The van der Waals surface area contributed by atoms with Crippen molar-refractivity contribution in [3.05, 3.63) is 122 Å². The van der Waals surface area contributed by atoms with Gasteiger partial charge in [-0.25, -0.2) is 4.98 Å². The van der Waals surface area contributed by atoms with Crippen LogP contribution in [0.4, 0.5) is 0 Å². The molecule has 5 aliphatic heterocycles. The normalized spacial score (nSPS) is 25.6. The number of hydrazine groups is 2. The molecule has 0 unspecified atom stereocenters. The lowest BCUT2D eigenvalue weighted by atomic mass is 9.64. The van der Waals surface area contributed by atoms with Gasteiger partial charge in [-0.1, -0.05) is 94.1 Å². The molecule has 3 saturated heterocycles. The van der Waals surface area contributed by atoms with Crippen molar-refractivity contribution in [2.45, 2.75) is 140 Å². The lowest BCUT2D eigenvalue weighted by Crippen LogP contribution is -2.59. The van der Waals surface area contributed by atoms with Crippen molar-refractivity contribution in [3.8, 4) is 16.1 Å². The van der Waals surface area contributed by atoms with E-state index in [1.165, 1.54) is 62.0 Å². The highest BCUT2D eigenvalue weighted by Gasteiger charge is 2.51. The third-order valence-corrected chi connectivity index (χ3v) is 20.9. The summed E-state index contributed by atoms with van der Waals surface area (Å²) in [6.45, 7) is 15.2. The van der Waals surface area contributed by atoms with E-state index in [1.54, 1.807) is 22.3 Å². The van der Waals surface area contributed by atoms with Crippen molar-refractivity contribution < 1.29 is 19.4 Å². The fourth-order valence-corrected chi connectivity index (χ4v) is 16.5. The second-order valence-electron chi connectivity index (χ2n) is 25.9. The summed E-state index contributed by atoms with van der Waals surface area (Å²) in [4.78, 5) is 60.0. The van der Waals surface area contributed by atoms with Gasteiger partial charge in [0, 0.05) is 70.0 Å². The summed E-state index contributed by atoms with van der Waals surface area (Å²) in [6.07, 6.45) is 14.1. The van der Waals surface area contributed by atoms with E-state index in [2.05, 4.69) is 105 Å². The van der Waals surface area contributed by atoms with Crippen LogP contribution in [0.15, 0.2) is 82.9 Å². The maximum Gasteiger partial charge on any atom is 0.282 e. The molecule has 0 bridgehead atoms. The number of rotatable bonds is 12. The van der Waals surface area contributed by atoms with Gasteiger partial charge in [0.05, 0.1) is 68.5 Å². The first kappa shape index (κ1) is 53.1. The molecular weight excluding hydrogens is 1030 g/mol. The molecule has 6 fully saturated rings. The molecule has 15 nitrogen and oxygen atoms in total. The van der Waals surface area contributed by atoms with Crippen LogP contribution in [0.2, 0.25) is 5.02 Å². The number of benzene rings is 3. The Bertz CT molecular complexity index is 3210. The lowest BCUT2D eigenvalue weighted by molar-refractivity contribution is -0.146. The van der Waals surface area contributed by atoms with Crippen molar-refractivity contribution >= 4 is 45.7 Å². The van der Waals surface area contributed by atoms with Crippen molar-refractivity contribution in [2.24, 2.45) is 22.7 Å². The number of carbonyl (C=O) groups excluding carboxylic acids is 2. The van der Waals surface area contributed by atoms with Gasteiger partial charge in [-0.2, -0.15) is 4.98 Å². The number of thiazole rings is 1. The highest BCUT2D eigenvalue weighted by molar-refractivity contribution is 7.13. The lowest BCUT2D eigenvalue weighted by Gasteiger charge is -2.55. The Kier molecular flexibility index (Phi) is 14.1. The number of nitrogens with zero attached hydrogens (tertiary/aromatic N) is 7. The molecule has 5 aromatic rings. The minimum atomic E-state index is -0.812. The summed E-state index contributed by atoms with van der Waals surface area (Å²) in [5, 5.41) is 17.3. The zero-order valence-corrected chi connectivity index (χ0v) is 47.9. The number of halogens is 1. The summed E-state index contributed by atoms with van der Waals surface area (Å²) in [5.74, 6) is 1.99. The molecule has 3 aliphatic carbocycles. The van der Waals surface area contributed by atoms with Crippen LogP contribution in [0.3, 0.4) is 0 Å². The number of carbonyl (C=O) groups is 2. The number of morpholine rings is 1. The number of hydrogen-bond acceptors (Lipinski definition) is 13. The number of amides is 2. The fraction of sp³-hybridized carbons (Fsp3) is 0.565. The molecule has 4 N–H and O–H groups in total. The molecule has 79 heavy (non-hydrogen) atoms. The standard InChI is InChI=1S/C62H77ClN10O5S/c1-38-54(79-37-64-38)42-13-11-41(12-14-42)48(33-69-23-25-78-26-24-69)65-56(75)52-30-45(74)32-71(52)58(77)55(60(2,3)4)72-34-49(67-68-72)44-27-39(28-44)31-70-35-61(36-70)21-17-40(18-22-61)43-15-16-46-51(29-43)73-50-10-8-9-47(63)53(50)57(76)66-59(73)62(46)19-6-5-7-20-62/h8-16,29,34,37,39-40,44-45,48,52,55,67-68,74H,5-7,17-28,30-33,35-36H2,1-4H3,(H,65,75)/t39?,44?,45-,48+,52+,55-/m1/s1. The number of ether oxygens (including phenoxy) is 1. The number of allylic oxidation sites excluding steroid dienone is 1. The molecule has 2 spiro atoms. The molecule has 3 saturated carbocycles. The van der Waals surface area contributed by atoms with Crippen molar-refractivity contribution in [3.63, 3.8) is 0 Å². The number of hydrogen-bond donors (Lipinski definition) is 4. The Morgan fingerprint density at radius 1 is 0.949 bits per heavy atom. The fourth-order valence-electron chi connectivity index (χ4n) is 15.4. The number of aliphatic hydroxyl groups excluding tert-OH is 1. The average molecular weight is 1110 g/mol. The number of aromatic nitrogens is 3. The summed E-state index contributed by atoms with van der Waals surface area (Å²) in [7, 11) is 0. The largest absolute Gasteiger partial charge is 0.391 e. The summed E-state index contributed by atoms with van der Waals surface area (Å²) in [6, 6.07) is 19.6. The van der Waals surface area contributed by atoms with Crippen molar-refractivity contribution in [1.29, 1.82) is 0 Å². The molecule has 4 atom stereocenters. The van der Waals surface area contributed by atoms with Crippen LogP contribution in [0, 0.1) is 29.6 Å². The molecule has 0 radical (unpaired) electrons. The highest BCUT2D eigenvalue weighted by Crippen LogP contribution is 2.54. The Hall–Kier alpha value is -5.20. The van der Waals surface area contributed by atoms with E-state index >= 15 is 0 Å². The number of likely N-dealkylation sites (tertiary alicyclic amines) is 2. The summed E-state index contributed by atoms with van der Waals surface area (Å²) in [5.41, 5.74) is 17.1. The zero-order valence-electron chi connectivity index (χ0n) is 46.3. The van der Waals surface area contributed by atoms with E-state index < -0.39 is 23.6 Å². The maximum absolute atomic E-state index is 14.9. The SMILES string of the molecule is Cc1ncsc1-c1ccc([C@H](CN2CCOCC2)NC(=O)[C@@H]2C[C@@H](O)CN2C(=O)[C@@H](N2C=C(C3CC(CN4CC5(CCC(c6ccc7c(c6)-n6c(nc(=O)c8c(Cl)cccc86)C76CCCCC6)CC5)C4)C3)NN2)C(C)(C)C)cc1. The topological polar surface area (TPSA) is 160 Å². The van der Waals surface area contributed by atoms with Crippen LogP contribution in [-0.4, -0.2) is 128 Å². The Morgan fingerprint density at radius 2 is 1.71 bits per heavy atom. The van der Waals surface area contributed by atoms with Gasteiger partial charge in [-0.3, -0.25) is 28.9 Å². The number of β-amino-alcohol motifs (C(OH)–C–C–N with tert-alkyl or cyclic N) is 1. The van der Waals surface area contributed by atoms with Gasteiger partial charge in [-0.15, -0.1) is 16.9 Å². The Labute approximate surface area is 473 Å². The summed E-state index contributed by atoms with van der Waals surface area (Å²) >= 11 is 8.29. The average Bonchev–Trinajstić information content (AvgIpc) is 4.30. The molecule has 418 valence electrons. The number of fused-ring (bicyclic) bond motifs is 7. The van der Waals surface area contributed by atoms with Gasteiger partial charge in [0.15, 0.2) is 0 Å². The summed E-state index contributed by atoms with van der Waals surface area (Å²) < 4.78 is 7.94. The second-order valence-corrected chi connectivity index (χ2v) is 27.1. The van der Waals surface area contributed by atoms with Gasteiger partial charge in [-0.05, 0) is 121 Å². The third-order valence-electron chi connectivity index (χ3n) is 19.6. The molecule has 8 aliphatic rings. The van der Waals surface area contributed by atoms with Crippen LogP contribution in [0.25, 0.3) is 27.0 Å². The van der Waals surface area contributed by atoms with Crippen molar-refractivity contribution in [1.82, 2.24) is 50.5 Å². The first-order valence-electron chi connectivity index (χ1n) is 29.3. The molecule has 2 amide bonds. The number of aryl methyl sites for hydroxylation is 1.